The summed E-state index contributed by atoms with van der Waals surface area (Å²) in [5.41, 5.74) is 0. The molecule has 68 valence electrons. The predicted octanol–water partition coefficient (Wildman–Crippen LogP) is -1.20. The summed E-state index contributed by atoms with van der Waals surface area (Å²) in [5, 5.41) is 10.8. The number of aliphatic hydroxyl groups excluding tert-OH is 1. The van der Waals surface area contributed by atoms with Crippen molar-refractivity contribution in [3.63, 3.8) is 0 Å². The van der Waals surface area contributed by atoms with Crippen molar-refractivity contribution >= 4 is 11.9 Å². The highest BCUT2D eigenvalue weighted by Crippen LogP contribution is 2.07. The van der Waals surface area contributed by atoms with Gasteiger partial charge >= 0.3 is 5.97 Å². The van der Waals surface area contributed by atoms with Crippen LogP contribution < -0.4 is 5.32 Å². The number of ether oxygens (including phenoxy) is 1. The molecule has 2 N–H and O–H groups in total. The van der Waals surface area contributed by atoms with Crippen LogP contribution in [0.1, 0.15) is 12.8 Å². The molecule has 1 unspecified atom stereocenters. The molecule has 0 spiro atoms. The number of aliphatic hydroxyl groups is 1. The van der Waals surface area contributed by atoms with Crippen LogP contribution in [0.3, 0.4) is 0 Å². The minimum atomic E-state index is -0.510. The van der Waals surface area contributed by atoms with Crippen LogP contribution in [0.5, 0.6) is 0 Å². The second-order valence-corrected chi connectivity index (χ2v) is 2.55. The Labute approximate surface area is 69.7 Å². The summed E-state index contributed by atoms with van der Waals surface area (Å²) in [6.07, 6.45) is 0.863. The minimum Gasteiger partial charge on any atom is -0.462 e. The summed E-state index contributed by atoms with van der Waals surface area (Å²) in [5.74, 6) is -0.587. The molecular formula is C7H11NO4. The summed E-state index contributed by atoms with van der Waals surface area (Å²) in [6.45, 7) is -0.197. The molecule has 5 nitrogen and oxygen atoms in total. The molecule has 1 aliphatic heterocycles. The number of nitrogens with one attached hydrogen (secondary N) is 1. The van der Waals surface area contributed by atoms with Gasteiger partial charge in [0.1, 0.15) is 12.6 Å². The molecule has 1 saturated heterocycles. The Morgan fingerprint density at radius 1 is 1.75 bits per heavy atom. The zero-order valence-corrected chi connectivity index (χ0v) is 6.58. The van der Waals surface area contributed by atoms with Crippen molar-refractivity contribution in [2.75, 3.05) is 13.2 Å². The highest BCUT2D eigenvalue weighted by molar-refractivity contribution is 5.87. The number of hydrogen-bond donors (Lipinski definition) is 2. The summed E-state index contributed by atoms with van der Waals surface area (Å²) in [4.78, 5) is 21.7. The average Bonchev–Trinajstić information content (AvgIpc) is 2.47. The molecule has 0 aromatic carbocycles. The molecule has 0 aromatic heterocycles. The van der Waals surface area contributed by atoms with Crippen LogP contribution in [0, 0.1) is 0 Å². The molecule has 1 amide bonds. The molecule has 1 atom stereocenters. The maximum Gasteiger partial charge on any atom is 0.328 e. The first-order chi connectivity index (χ1) is 5.74. The van der Waals surface area contributed by atoms with E-state index in [0.29, 0.717) is 12.8 Å². The number of hydrogen-bond acceptors (Lipinski definition) is 4. The van der Waals surface area contributed by atoms with Crippen LogP contribution in [0.15, 0.2) is 0 Å². The van der Waals surface area contributed by atoms with Gasteiger partial charge < -0.3 is 15.2 Å². The number of carbonyl (C=O) groups is 2. The lowest BCUT2D eigenvalue weighted by Gasteiger charge is -2.08. The van der Waals surface area contributed by atoms with E-state index < -0.39 is 12.0 Å². The van der Waals surface area contributed by atoms with Gasteiger partial charge in [-0.3, -0.25) is 4.79 Å². The van der Waals surface area contributed by atoms with Gasteiger partial charge in [-0.2, -0.15) is 0 Å². The maximum atomic E-state index is 11.0. The molecule has 1 heterocycles. The van der Waals surface area contributed by atoms with Crippen LogP contribution in [0.4, 0.5) is 0 Å². The molecule has 5 heteroatoms. The highest BCUT2D eigenvalue weighted by Gasteiger charge is 2.28. The van der Waals surface area contributed by atoms with E-state index in [1.165, 1.54) is 0 Å². The fourth-order valence-electron chi connectivity index (χ4n) is 1.04. The SMILES string of the molecule is O=C1CCC(C(=O)OCCO)N1. The molecule has 1 aliphatic rings. The number of esters is 1. The lowest BCUT2D eigenvalue weighted by atomic mass is 10.2. The number of amides is 1. The number of rotatable bonds is 3. The van der Waals surface area contributed by atoms with Gasteiger partial charge in [-0.15, -0.1) is 0 Å². The maximum absolute atomic E-state index is 11.0. The van der Waals surface area contributed by atoms with Gasteiger partial charge in [0.15, 0.2) is 0 Å². The third-order valence-electron chi connectivity index (χ3n) is 1.62. The highest BCUT2D eigenvalue weighted by atomic mass is 16.5. The molecule has 0 radical (unpaired) electrons. The zero-order chi connectivity index (χ0) is 8.97. The van der Waals surface area contributed by atoms with E-state index in [-0.39, 0.29) is 19.1 Å². The largest absolute Gasteiger partial charge is 0.462 e. The van der Waals surface area contributed by atoms with E-state index in [2.05, 4.69) is 10.1 Å². The van der Waals surface area contributed by atoms with Crippen LogP contribution in [-0.2, 0) is 14.3 Å². The number of carbonyl (C=O) groups excluding carboxylic acids is 2. The quantitative estimate of drug-likeness (QED) is 0.526. The second kappa shape index (κ2) is 4.06. The molecule has 0 bridgehead atoms. The van der Waals surface area contributed by atoms with Crippen molar-refractivity contribution in [3.8, 4) is 0 Å². The summed E-state index contributed by atoms with van der Waals surface area (Å²) in [6, 6.07) is -0.510. The Balaban J connectivity index is 2.28. The first-order valence-corrected chi connectivity index (χ1v) is 3.81. The van der Waals surface area contributed by atoms with Crippen molar-refractivity contribution in [1.82, 2.24) is 5.32 Å². The van der Waals surface area contributed by atoms with Gasteiger partial charge in [0.05, 0.1) is 6.61 Å². The van der Waals surface area contributed by atoms with E-state index in [1.807, 2.05) is 0 Å². The van der Waals surface area contributed by atoms with Gasteiger partial charge in [0.25, 0.3) is 0 Å². The Morgan fingerprint density at radius 3 is 3.00 bits per heavy atom. The van der Waals surface area contributed by atoms with Crippen LogP contribution in [0.2, 0.25) is 0 Å². The lowest BCUT2D eigenvalue weighted by molar-refractivity contribution is -0.147. The molecule has 12 heavy (non-hydrogen) atoms. The monoisotopic (exact) mass is 173 g/mol. The van der Waals surface area contributed by atoms with Crippen LogP contribution >= 0.6 is 0 Å². The molecular weight excluding hydrogens is 162 g/mol. The first-order valence-electron chi connectivity index (χ1n) is 3.81. The van der Waals surface area contributed by atoms with E-state index in [0.717, 1.165) is 0 Å². The van der Waals surface area contributed by atoms with E-state index in [4.69, 9.17) is 5.11 Å². The Hall–Kier alpha value is -1.10. The molecule has 1 fully saturated rings. The average molecular weight is 173 g/mol. The molecule has 0 aliphatic carbocycles. The second-order valence-electron chi connectivity index (χ2n) is 2.55. The minimum absolute atomic E-state index is 0.00873. The van der Waals surface area contributed by atoms with Gasteiger partial charge in [-0.1, -0.05) is 0 Å². The van der Waals surface area contributed by atoms with Crippen molar-refractivity contribution < 1.29 is 19.4 Å². The molecule has 1 rings (SSSR count). The summed E-state index contributed by atoms with van der Waals surface area (Å²) >= 11 is 0. The van der Waals surface area contributed by atoms with Crippen LogP contribution in [0.25, 0.3) is 0 Å². The van der Waals surface area contributed by atoms with E-state index in [9.17, 15) is 9.59 Å². The standard InChI is InChI=1S/C7H11NO4/c9-3-4-12-7(11)5-1-2-6(10)8-5/h5,9H,1-4H2,(H,8,10). The van der Waals surface area contributed by atoms with Crippen molar-refractivity contribution in [2.45, 2.75) is 18.9 Å². The molecule has 0 aromatic rings. The lowest BCUT2D eigenvalue weighted by Crippen LogP contribution is -2.34. The topological polar surface area (TPSA) is 75.6 Å². The summed E-state index contributed by atoms with van der Waals surface area (Å²) < 4.78 is 4.62. The van der Waals surface area contributed by atoms with Crippen molar-refractivity contribution in [2.24, 2.45) is 0 Å². The third kappa shape index (κ3) is 2.20. The van der Waals surface area contributed by atoms with Gasteiger partial charge in [-0.25, -0.2) is 4.79 Å². The third-order valence-corrected chi connectivity index (χ3v) is 1.62. The predicted molar refractivity (Wildman–Crippen MR) is 39.2 cm³/mol. The van der Waals surface area contributed by atoms with E-state index in [1.54, 1.807) is 0 Å². The Morgan fingerprint density at radius 2 is 2.50 bits per heavy atom. The smallest absolute Gasteiger partial charge is 0.328 e. The normalized spacial score (nSPS) is 22.1. The first kappa shape index (κ1) is 8.99. The molecule has 0 saturated carbocycles. The van der Waals surface area contributed by atoms with Crippen LogP contribution in [-0.4, -0.2) is 36.2 Å². The van der Waals surface area contributed by atoms with E-state index >= 15 is 0 Å². The fourth-order valence-corrected chi connectivity index (χ4v) is 1.04. The van der Waals surface area contributed by atoms with Gasteiger partial charge in [0, 0.05) is 6.42 Å². The van der Waals surface area contributed by atoms with Gasteiger partial charge in [-0.05, 0) is 6.42 Å². The van der Waals surface area contributed by atoms with Gasteiger partial charge in [0.2, 0.25) is 5.91 Å². The Bertz CT molecular complexity index is 192. The zero-order valence-electron chi connectivity index (χ0n) is 6.58. The fraction of sp³-hybridized carbons (Fsp3) is 0.714. The van der Waals surface area contributed by atoms with Crippen molar-refractivity contribution in [1.29, 1.82) is 0 Å². The van der Waals surface area contributed by atoms with Crippen molar-refractivity contribution in [3.05, 3.63) is 0 Å². The Kier molecular flexibility index (Phi) is 3.04. The summed E-state index contributed by atoms with van der Waals surface area (Å²) in [7, 11) is 0.